The van der Waals surface area contributed by atoms with Crippen molar-refractivity contribution in [3.63, 3.8) is 0 Å². The van der Waals surface area contributed by atoms with Gasteiger partial charge in [0, 0.05) is 18.4 Å². The zero-order chi connectivity index (χ0) is 11.6. The van der Waals surface area contributed by atoms with E-state index in [2.05, 4.69) is 24.0 Å². The van der Waals surface area contributed by atoms with Gasteiger partial charge in [-0.3, -0.25) is 0 Å². The lowest BCUT2D eigenvalue weighted by Crippen LogP contribution is -2.38. The van der Waals surface area contributed by atoms with Gasteiger partial charge in [0.2, 0.25) is 5.89 Å². The van der Waals surface area contributed by atoms with Gasteiger partial charge in [-0.15, -0.1) is 0 Å². The highest BCUT2D eigenvalue weighted by atomic mass is 16.5. The Balaban J connectivity index is 1.97. The van der Waals surface area contributed by atoms with Gasteiger partial charge in [0.1, 0.15) is 0 Å². The standard InChI is InChI=1S/C12H21N3O/c1-9(2)7-10-14-11(16-15-10)8-12(13)5-3-4-6-12/h9H,3-8,13H2,1-2H3. The third kappa shape index (κ3) is 2.82. The van der Waals surface area contributed by atoms with E-state index >= 15 is 0 Å². The van der Waals surface area contributed by atoms with Crippen LogP contribution in [0.1, 0.15) is 51.2 Å². The van der Waals surface area contributed by atoms with Crippen molar-refractivity contribution in [3.8, 4) is 0 Å². The van der Waals surface area contributed by atoms with Crippen LogP contribution < -0.4 is 5.73 Å². The summed E-state index contributed by atoms with van der Waals surface area (Å²) in [5.41, 5.74) is 6.18. The highest BCUT2D eigenvalue weighted by Gasteiger charge is 2.31. The van der Waals surface area contributed by atoms with E-state index in [1.54, 1.807) is 0 Å². The molecule has 1 heterocycles. The minimum Gasteiger partial charge on any atom is -0.339 e. The summed E-state index contributed by atoms with van der Waals surface area (Å²) in [5, 5.41) is 3.99. The van der Waals surface area contributed by atoms with Crippen molar-refractivity contribution in [3.05, 3.63) is 11.7 Å². The summed E-state index contributed by atoms with van der Waals surface area (Å²) in [6.07, 6.45) is 6.22. The van der Waals surface area contributed by atoms with Crippen molar-refractivity contribution in [2.45, 2.75) is 57.9 Å². The minimum absolute atomic E-state index is 0.0956. The molecule has 1 aliphatic rings. The molecule has 1 aromatic rings. The topological polar surface area (TPSA) is 64.9 Å². The lowest BCUT2D eigenvalue weighted by atomic mass is 9.95. The number of nitrogens with two attached hydrogens (primary N) is 1. The molecule has 0 unspecified atom stereocenters. The molecule has 0 spiro atoms. The molecule has 1 saturated carbocycles. The highest BCUT2D eigenvalue weighted by Crippen LogP contribution is 2.29. The Morgan fingerprint density at radius 3 is 2.69 bits per heavy atom. The summed E-state index contributed by atoms with van der Waals surface area (Å²) < 4.78 is 5.25. The second-order valence-corrected chi connectivity index (χ2v) is 5.45. The average Bonchev–Trinajstić information content (AvgIpc) is 2.75. The first kappa shape index (κ1) is 11.6. The highest BCUT2D eigenvalue weighted by molar-refractivity contribution is 4.98. The van der Waals surface area contributed by atoms with Crippen LogP contribution in [-0.4, -0.2) is 15.7 Å². The maximum absolute atomic E-state index is 6.27. The monoisotopic (exact) mass is 223 g/mol. The second-order valence-electron chi connectivity index (χ2n) is 5.45. The van der Waals surface area contributed by atoms with Crippen LogP contribution in [0.5, 0.6) is 0 Å². The van der Waals surface area contributed by atoms with Crippen LogP contribution >= 0.6 is 0 Å². The molecule has 4 nitrogen and oxygen atoms in total. The summed E-state index contributed by atoms with van der Waals surface area (Å²) in [6, 6.07) is 0. The van der Waals surface area contributed by atoms with E-state index in [9.17, 15) is 0 Å². The fourth-order valence-corrected chi connectivity index (χ4v) is 2.37. The molecule has 0 aromatic carbocycles. The van der Waals surface area contributed by atoms with Crippen molar-refractivity contribution in [1.82, 2.24) is 10.1 Å². The molecule has 2 N–H and O–H groups in total. The Bertz CT molecular complexity index is 340. The summed E-state index contributed by atoms with van der Waals surface area (Å²) >= 11 is 0. The largest absolute Gasteiger partial charge is 0.339 e. The molecule has 16 heavy (non-hydrogen) atoms. The molecule has 0 amide bonds. The fraction of sp³-hybridized carbons (Fsp3) is 0.833. The summed E-state index contributed by atoms with van der Waals surface area (Å²) in [5.74, 6) is 2.08. The summed E-state index contributed by atoms with van der Waals surface area (Å²) in [7, 11) is 0. The van der Waals surface area contributed by atoms with Crippen LogP contribution in [0.4, 0.5) is 0 Å². The molecular formula is C12H21N3O. The summed E-state index contributed by atoms with van der Waals surface area (Å²) in [4.78, 5) is 4.40. The molecule has 0 bridgehead atoms. The van der Waals surface area contributed by atoms with Crippen molar-refractivity contribution < 1.29 is 4.52 Å². The van der Waals surface area contributed by atoms with Crippen LogP contribution in [-0.2, 0) is 12.8 Å². The van der Waals surface area contributed by atoms with Gasteiger partial charge in [0.15, 0.2) is 5.82 Å². The van der Waals surface area contributed by atoms with E-state index < -0.39 is 0 Å². The Morgan fingerprint density at radius 2 is 2.06 bits per heavy atom. The van der Waals surface area contributed by atoms with Crippen LogP contribution in [0, 0.1) is 5.92 Å². The summed E-state index contributed by atoms with van der Waals surface area (Å²) in [6.45, 7) is 4.30. The number of aromatic nitrogens is 2. The van der Waals surface area contributed by atoms with Crippen LogP contribution in [0.3, 0.4) is 0 Å². The van der Waals surface area contributed by atoms with Gasteiger partial charge in [-0.2, -0.15) is 4.98 Å². The molecule has 2 rings (SSSR count). The van der Waals surface area contributed by atoms with Gasteiger partial charge in [-0.05, 0) is 18.8 Å². The molecule has 1 aromatic heterocycles. The van der Waals surface area contributed by atoms with E-state index in [-0.39, 0.29) is 5.54 Å². The zero-order valence-corrected chi connectivity index (χ0v) is 10.2. The van der Waals surface area contributed by atoms with E-state index in [0.29, 0.717) is 11.8 Å². The van der Waals surface area contributed by atoms with E-state index in [0.717, 1.165) is 31.5 Å². The maximum atomic E-state index is 6.27. The molecule has 0 aliphatic heterocycles. The number of hydrogen-bond acceptors (Lipinski definition) is 4. The molecular weight excluding hydrogens is 202 g/mol. The number of nitrogens with zero attached hydrogens (tertiary/aromatic N) is 2. The van der Waals surface area contributed by atoms with E-state index in [1.807, 2.05) is 0 Å². The molecule has 1 fully saturated rings. The predicted octanol–water partition coefficient (Wildman–Crippen LogP) is 2.08. The molecule has 1 aliphatic carbocycles. The van der Waals surface area contributed by atoms with Crippen molar-refractivity contribution in [2.24, 2.45) is 11.7 Å². The molecule has 0 saturated heterocycles. The van der Waals surface area contributed by atoms with E-state index in [1.165, 1.54) is 12.8 Å². The van der Waals surface area contributed by atoms with Gasteiger partial charge in [-0.25, -0.2) is 0 Å². The molecule has 0 atom stereocenters. The molecule has 0 radical (unpaired) electrons. The van der Waals surface area contributed by atoms with Crippen LogP contribution in [0.2, 0.25) is 0 Å². The van der Waals surface area contributed by atoms with Gasteiger partial charge in [-0.1, -0.05) is 31.8 Å². The third-order valence-corrected chi connectivity index (χ3v) is 3.20. The van der Waals surface area contributed by atoms with Gasteiger partial charge in [0.25, 0.3) is 0 Å². The Kier molecular flexibility index (Phi) is 3.28. The quantitative estimate of drug-likeness (QED) is 0.848. The minimum atomic E-state index is -0.0956. The lowest BCUT2D eigenvalue weighted by Gasteiger charge is -2.20. The van der Waals surface area contributed by atoms with Crippen molar-refractivity contribution in [2.75, 3.05) is 0 Å². The normalized spacial score (nSPS) is 19.5. The first-order valence-corrected chi connectivity index (χ1v) is 6.18. The Morgan fingerprint density at radius 1 is 1.38 bits per heavy atom. The number of rotatable bonds is 4. The second kappa shape index (κ2) is 4.53. The molecule has 4 heteroatoms. The molecule has 90 valence electrons. The van der Waals surface area contributed by atoms with Crippen LogP contribution in [0.25, 0.3) is 0 Å². The van der Waals surface area contributed by atoms with Gasteiger partial charge in [0.05, 0.1) is 0 Å². The van der Waals surface area contributed by atoms with Gasteiger partial charge < -0.3 is 10.3 Å². The fourth-order valence-electron chi connectivity index (χ4n) is 2.37. The van der Waals surface area contributed by atoms with E-state index in [4.69, 9.17) is 10.3 Å². The number of hydrogen-bond donors (Lipinski definition) is 1. The SMILES string of the molecule is CC(C)Cc1noc(CC2(N)CCCC2)n1. The smallest absolute Gasteiger partial charge is 0.228 e. The maximum Gasteiger partial charge on any atom is 0.228 e. The average molecular weight is 223 g/mol. The Labute approximate surface area is 96.6 Å². The van der Waals surface area contributed by atoms with Crippen LogP contribution in [0.15, 0.2) is 4.52 Å². The Hall–Kier alpha value is -0.900. The predicted molar refractivity (Wildman–Crippen MR) is 61.9 cm³/mol. The van der Waals surface area contributed by atoms with Crippen molar-refractivity contribution in [1.29, 1.82) is 0 Å². The van der Waals surface area contributed by atoms with Gasteiger partial charge >= 0.3 is 0 Å². The van der Waals surface area contributed by atoms with Crippen molar-refractivity contribution >= 4 is 0 Å². The third-order valence-electron chi connectivity index (χ3n) is 3.20. The first-order chi connectivity index (χ1) is 7.57. The zero-order valence-electron chi connectivity index (χ0n) is 10.2. The first-order valence-electron chi connectivity index (χ1n) is 6.18. The lowest BCUT2D eigenvalue weighted by molar-refractivity contribution is 0.326.